The van der Waals surface area contributed by atoms with E-state index in [1.165, 1.54) is 24.8 Å². The Bertz CT molecular complexity index is 402. The first kappa shape index (κ1) is 13.9. The first-order valence-electron chi connectivity index (χ1n) is 7.04. The summed E-state index contributed by atoms with van der Waals surface area (Å²) in [6.07, 6.45) is 4.02. The molecule has 0 amide bonds. The van der Waals surface area contributed by atoms with Gasteiger partial charge >= 0.3 is 0 Å². The average molecular weight is 266 g/mol. The molecular formula is C16H24ClN. The molecule has 1 saturated carbocycles. The second kappa shape index (κ2) is 6.08. The fourth-order valence-electron chi connectivity index (χ4n) is 2.96. The van der Waals surface area contributed by atoms with Crippen LogP contribution in [0.25, 0.3) is 0 Å². The standard InChI is InChI=1S/C16H24ClN/c1-11-4-7-16(13(3)8-11)18-10-14-6-5-12(2)15(17)9-14/h5-6,9,11,13,16,18H,4,7-8,10H2,1-3H3. The topological polar surface area (TPSA) is 12.0 Å². The number of hydrogen-bond acceptors (Lipinski definition) is 1. The molecule has 1 aromatic carbocycles. The molecule has 1 N–H and O–H groups in total. The maximum atomic E-state index is 6.16. The van der Waals surface area contributed by atoms with Crippen molar-refractivity contribution < 1.29 is 0 Å². The smallest absolute Gasteiger partial charge is 0.0438 e. The van der Waals surface area contributed by atoms with E-state index in [0.29, 0.717) is 6.04 Å². The highest BCUT2D eigenvalue weighted by Gasteiger charge is 2.24. The van der Waals surface area contributed by atoms with E-state index in [9.17, 15) is 0 Å². The van der Waals surface area contributed by atoms with Gasteiger partial charge in [0.05, 0.1) is 0 Å². The molecule has 1 aliphatic rings. The van der Waals surface area contributed by atoms with E-state index in [1.54, 1.807) is 0 Å². The van der Waals surface area contributed by atoms with Crippen molar-refractivity contribution in [3.05, 3.63) is 34.3 Å². The third-order valence-electron chi connectivity index (χ3n) is 4.24. The monoisotopic (exact) mass is 265 g/mol. The van der Waals surface area contributed by atoms with E-state index < -0.39 is 0 Å². The summed E-state index contributed by atoms with van der Waals surface area (Å²) in [7, 11) is 0. The zero-order valence-corrected chi connectivity index (χ0v) is 12.4. The highest BCUT2D eigenvalue weighted by molar-refractivity contribution is 6.31. The molecule has 0 heterocycles. The maximum Gasteiger partial charge on any atom is 0.0438 e. The minimum absolute atomic E-state index is 0.668. The first-order chi connectivity index (χ1) is 8.56. The SMILES string of the molecule is Cc1ccc(CNC2CCC(C)CC2C)cc1Cl. The van der Waals surface area contributed by atoms with Gasteiger partial charge in [0.25, 0.3) is 0 Å². The van der Waals surface area contributed by atoms with E-state index in [-0.39, 0.29) is 0 Å². The zero-order chi connectivity index (χ0) is 13.1. The van der Waals surface area contributed by atoms with Crippen LogP contribution in [0.3, 0.4) is 0 Å². The Hall–Kier alpha value is -0.530. The Labute approximate surface area is 116 Å². The Morgan fingerprint density at radius 1 is 1.28 bits per heavy atom. The van der Waals surface area contributed by atoms with Crippen LogP contribution in [0.1, 0.15) is 44.2 Å². The summed E-state index contributed by atoms with van der Waals surface area (Å²) in [6.45, 7) is 7.72. The third kappa shape index (κ3) is 3.49. The molecule has 3 atom stereocenters. The van der Waals surface area contributed by atoms with E-state index >= 15 is 0 Å². The lowest BCUT2D eigenvalue weighted by Gasteiger charge is -2.33. The van der Waals surface area contributed by atoms with Gasteiger partial charge in [-0.3, -0.25) is 0 Å². The van der Waals surface area contributed by atoms with Crippen LogP contribution in [0.5, 0.6) is 0 Å². The molecular weight excluding hydrogens is 242 g/mol. The summed E-state index contributed by atoms with van der Waals surface area (Å²) in [4.78, 5) is 0. The zero-order valence-electron chi connectivity index (χ0n) is 11.7. The lowest BCUT2D eigenvalue weighted by Crippen LogP contribution is -2.38. The van der Waals surface area contributed by atoms with Crippen molar-refractivity contribution in [2.24, 2.45) is 11.8 Å². The first-order valence-corrected chi connectivity index (χ1v) is 7.42. The summed E-state index contributed by atoms with van der Waals surface area (Å²) in [5.74, 6) is 1.68. The summed E-state index contributed by atoms with van der Waals surface area (Å²) >= 11 is 6.16. The molecule has 100 valence electrons. The quantitative estimate of drug-likeness (QED) is 0.845. The Kier molecular flexibility index (Phi) is 4.69. The van der Waals surface area contributed by atoms with Gasteiger partial charge in [0.2, 0.25) is 0 Å². The van der Waals surface area contributed by atoms with E-state index in [4.69, 9.17) is 11.6 Å². The summed E-state index contributed by atoms with van der Waals surface area (Å²) in [5.41, 5.74) is 2.44. The minimum Gasteiger partial charge on any atom is -0.310 e. The van der Waals surface area contributed by atoms with Crippen LogP contribution in [0.4, 0.5) is 0 Å². The third-order valence-corrected chi connectivity index (χ3v) is 4.64. The van der Waals surface area contributed by atoms with Gasteiger partial charge in [-0.2, -0.15) is 0 Å². The van der Waals surface area contributed by atoms with Gasteiger partial charge in [0.1, 0.15) is 0 Å². The highest BCUT2D eigenvalue weighted by Crippen LogP contribution is 2.28. The second-order valence-electron chi connectivity index (χ2n) is 5.97. The predicted molar refractivity (Wildman–Crippen MR) is 79.0 cm³/mol. The molecule has 1 fully saturated rings. The number of halogens is 1. The molecule has 1 nitrogen and oxygen atoms in total. The Morgan fingerprint density at radius 2 is 2.06 bits per heavy atom. The highest BCUT2D eigenvalue weighted by atomic mass is 35.5. The van der Waals surface area contributed by atoms with Gasteiger partial charge < -0.3 is 5.32 Å². The number of nitrogens with one attached hydrogen (secondary N) is 1. The Morgan fingerprint density at radius 3 is 2.72 bits per heavy atom. The molecule has 0 aromatic heterocycles. The second-order valence-corrected chi connectivity index (χ2v) is 6.37. The molecule has 0 aliphatic heterocycles. The molecule has 0 saturated heterocycles. The summed E-state index contributed by atoms with van der Waals surface area (Å²) in [5, 5.41) is 4.57. The van der Waals surface area contributed by atoms with Crippen molar-refractivity contribution >= 4 is 11.6 Å². The van der Waals surface area contributed by atoms with Crippen molar-refractivity contribution in [1.29, 1.82) is 0 Å². The number of hydrogen-bond donors (Lipinski definition) is 1. The number of aryl methyl sites for hydroxylation is 1. The fraction of sp³-hybridized carbons (Fsp3) is 0.625. The maximum absolute atomic E-state index is 6.16. The molecule has 3 unspecified atom stereocenters. The summed E-state index contributed by atoms with van der Waals surface area (Å²) < 4.78 is 0. The molecule has 0 bridgehead atoms. The van der Waals surface area contributed by atoms with Crippen molar-refractivity contribution in [3.8, 4) is 0 Å². The lowest BCUT2D eigenvalue weighted by atomic mass is 9.80. The molecule has 0 spiro atoms. The van der Waals surface area contributed by atoms with Crippen LogP contribution in [-0.2, 0) is 6.54 Å². The largest absolute Gasteiger partial charge is 0.310 e. The fourth-order valence-corrected chi connectivity index (χ4v) is 3.17. The van der Waals surface area contributed by atoms with Crippen LogP contribution in [0, 0.1) is 18.8 Å². The normalized spacial score (nSPS) is 28.3. The molecule has 1 aromatic rings. The molecule has 0 radical (unpaired) electrons. The van der Waals surface area contributed by atoms with Gasteiger partial charge in [-0.05, 0) is 55.2 Å². The van der Waals surface area contributed by atoms with E-state index in [1.807, 2.05) is 6.92 Å². The molecule has 2 rings (SSSR count). The molecule has 2 heteroatoms. The van der Waals surface area contributed by atoms with E-state index in [2.05, 4.69) is 37.4 Å². The molecule has 18 heavy (non-hydrogen) atoms. The van der Waals surface area contributed by atoms with Crippen molar-refractivity contribution in [1.82, 2.24) is 5.32 Å². The average Bonchev–Trinajstić information content (AvgIpc) is 2.32. The Balaban J connectivity index is 1.89. The van der Waals surface area contributed by atoms with Gasteiger partial charge in [0, 0.05) is 17.6 Å². The van der Waals surface area contributed by atoms with Crippen LogP contribution in [0.2, 0.25) is 5.02 Å². The summed E-state index contributed by atoms with van der Waals surface area (Å²) in [6, 6.07) is 7.03. The number of benzene rings is 1. The van der Waals surface area contributed by atoms with Crippen LogP contribution in [0.15, 0.2) is 18.2 Å². The predicted octanol–water partition coefficient (Wildman–Crippen LogP) is 4.56. The van der Waals surface area contributed by atoms with Crippen molar-refractivity contribution in [2.45, 2.75) is 52.6 Å². The number of rotatable bonds is 3. The van der Waals surface area contributed by atoms with Gasteiger partial charge in [-0.1, -0.05) is 37.6 Å². The van der Waals surface area contributed by atoms with Crippen molar-refractivity contribution in [3.63, 3.8) is 0 Å². The van der Waals surface area contributed by atoms with Crippen LogP contribution in [-0.4, -0.2) is 6.04 Å². The van der Waals surface area contributed by atoms with Gasteiger partial charge in [0.15, 0.2) is 0 Å². The lowest BCUT2D eigenvalue weighted by molar-refractivity contribution is 0.227. The van der Waals surface area contributed by atoms with Crippen LogP contribution < -0.4 is 5.32 Å². The van der Waals surface area contributed by atoms with E-state index in [0.717, 1.165) is 29.0 Å². The van der Waals surface area contributed by atoms with Gasteiger partial charge in [-0.25, -0.2) is 0 Å². The minimum atomic E-state index is 0.668. The van der Waals surface area contributed by atoms with Gasteiger partial charge in [-0.15, -0.1) is 0 Å². The van der Waals surface area contributed by atoms with Crippen molar-refractivity contribution in [2.75, 3.05) is 0 Å². The molecule has 1 aliphatic carbocycles. The van der Waals surface area contributed by atoms with Crippen LogP contribution >= 0.6 is 11.6 Å².